The van der Waals surface area contributed by atoms with Crippen molar-refractivity contribution in [2.24, 2.45) is 0 Å². The summed E-state index contributed by atoms with van der Waals surface area (Å²) < 4.78 is 12.1. The topological polar surface area (TPSA) is 84.9 Å². The normalized spacial score (nSPS) is 14.7. The lowest BCUT2D eigenvalue weighted by Gasteiger charge is -2.27. The molecule has 1 N–H and O–H groups in total. The maximum Gasteiger partial charge on any atom is 0.335 e. The molecule has 4 rings (SSSR count). The number of carbonyl (C=O) groups excluding carboxylic acids is 3. The number of benzene rings is 3. The molecule has 1 fully saturated rings. The minimum absolute atomic E-state index is 0.137. The van der Waals surface area contributed by atoms with E-state index in [2.05, 4.69) is 21.2 Å². The molecule has 0 aliphatic carbocycles. The Hall–Kier alpha value is -3.04. The van der Waals surface area contributed by atoms with Crippen LogP contribution in [0.1, 0.15) is 16.7 Å². The molecule has 1 heterocycles. The molecule has 0 unspecified atom stereocenters. The van der Waals surface area contributed by atoms with Gasteiger partial charge in [-0.1, -0.05) is 56.8 Å². The fourth-order valence-electron chi connectivity index (χ4n) is 3.66. The number of anilines is 1. The number of rotatable bonds is 6. The maximum atomic E-state index is 13.3. The van der Waals surface area contributed by atoms with Gasteiger partial charge in [-0.2, -0.15) is 0 Å². The fraction of sp³-hybridized carbons (Fsp3) is 0.115. The molecule has 4 amide bonds. The molecule has 190 valence electrons. The second-order valence-electron chi connectivity index (χ2n) is 7.96. The number of carbonyl (C=O) groups is 3. The second-order valence-corrected chi connectivity index (χ2v) is 10.1. The molecule has 0 spiro atoms. The van der Waals surface area contributed by atoms with Crippen LogP contribution in [-0.2, 0) is 16.2 Å². The SMILES string of the molecule is COc1cc(/C=C2/C(=O)NC(=O)N(c3ccc(Br)cc3C)C2=O)cc(Cl)c1OCc1ccc(Cl)c(Cl)c1. The van der Waals surface area contributed by atoms with Gasteiger partial charge in [-0.3, -0.25) is 14.9 Å². The van der Waals surface area contributed by atoms with Crippen LogP contribution in [-0.4, -0.2) is 25.0 Å². The zero-order valence-corrected chi connectivity index (χ0v) is 23.3. The highest BCUT2D eigenvalue weighted by atomic mass is 79.9. The summed E-state index contributed by atoms with van der Waals surface area (Å²) in [5.74, 6) is -1.05. The first-order chi connectivity index (χ1) is 17.6. The van der Waals surface area contributed by atoms with Crippen LogP contribution in [0.4, 0.5) is 10.5 Å². The molecule has 0 saturated carbocycles. The summed E-state index contributed by atoms with van der Waals surface area (Å²) in [5, 5.41) is 3.22. The molecule has 11 heteroatoms. The summed E-state index contributed by atoms with van der Waals surface area (Å²) >= 11 is 21.9. The molecule has 1 aliphatic rings. The predicted octanol–water partition coefficient (Wildman–Crippen LogP) is 6.97. The highest BCUT2D eigenvalue weighted by molar-refractivity contribution is 9.10. The molecule has 0 aromatic heterocycles. The lowest BCUT2D eigenvalue weighted by Crippen LogP contribution is -2.54. The van der Waals surface area contributed by atoms with Crippen molar-refractivity contribution >= 4 is 80.3 Å². The van der Waals surface area contributed by atoms with Gasteiger partial charge in [-0.05, 0) is 72.2 Å². The average molecular weight is 625 g/mol. The number of hydrogen-bond donors (Lipinski definition) is 1. The van der Waals surface area contributed by atoms with Gasteiger partial charge in [0.2, 0.25) is 0 Å². The molecule has 37 heavy (non-hydrogen) atoms. The molecule has 7 nitrogen and oxygen atoms in total. The van der Waals surface area contributed by atoms with Crippen LogP contribution in [0.15, 0.2) is 58.6 Å². The van der Waals surface area contributed by atoms with Crippen molar-refractivity contribution in [3.05, 3.63) is 90.3 Å². The first-order valence-corrected chi connectivity index (χ1v) is 12.6. The van der Waals surface area contributed by atoms with Gasteiger partial charge in [-0.25, -0.2) is 9.69 Å². The molecule has 3 aromatic carbocycles. The predicted molar refractivity (Wildman–Crippen MR) is 147 cm³/mol. The number of aryl methyl sites for hydroxylation is 1. The smallest absolute Gasteiger partial charge is 0.335 e. The van der Waals surface area contributed by atoms with E-state index in [9.17, 15) is 14.4 Å². The van der Waals surface area contributed by atoms with Crippen LogP contribution >= 0.6 is 50.7 Å². The number of urea groups is 1. The van der Waals surface area contributed by atoms with Crippen molar-refractivity contribution in [2.45, 2.75) is 13.5 Å². The van der Waals surface area contributed by atoms with E-state index in [1.54, 1.807) is 49.4 Å². The van der Waals surface area contributed by atoms with Gasteiger partial charge < -0.3 is 9.47 Å². The summed E-state index contributed by atoms with van der Waals surface area (Å²) in [6.07, 6.45) is 1.34. The van der Waals surface area contributed by atoms with E-state index in [0.29, 0.717) is 26.9 Å². The third-order valence-corrected chi connectivity index (χ3v) is 6.94. The van der Waals surface area contributed by atoms with Gasteiger partial charge in [-0.15, -0.1) is 0 Å². The minimum Gasteiger partial charge on any atom is -0.493 e. The summed E-state index contributed by atoms with van der Waals surface area (Å²) in [6.45, 7) is 1.89. The van der Waals surface area contributed by atoms with Crippen LogP contribution < -0.4 is 19.7 Å². The summed E-state index contributed by atoms with van der Waals surface area (Å²) in [7, 11) is 1.43. The number of nitrogens with zero attached hydrogens (tertiary/aromatic N) is 1. The largest absolute Gasteiger partial charge is 0.493 e. The van der Waals surface area contributed by atoms with E-state index >= 15 is 0 Å². The van der Waals surface area contributed by atoms with E-state index in [-0.39, 0.29) is 28.7 Å². The fourth-order valence-corrected chi connectivity index (χ4v) is 4.73. The number of hydrogen-bond acceptors (Lipinski definition) is 5. The molecule has 1 saturated heterocycles. The quantitative estimate of drug-likeness (QED) is 0.237. The third kappa shape index (κ3) is 5.78. The number of nitrogens with one attached hydrogen (secondary N) is 1. The minimum atomic E-state index is -0.834. The first-order valence-electron chi connectivity index (χ1n) is 10.7. The lowest BCUT2D eigenvalue weighted by molar-refractivity contribution is -0.122. The number of barbiturate groups is 1. The average Bonchev–Trinajstić information content (AvgIpc) is 2.84. The maximum absolute atomic E-state index is 13.3. The van der Waals surface area contributed by atoms with E-state index in [1.807, 2.05) is 0 Å². The van der Waals surface area contributed by atoms with Gasteiger partial charge >= 0.3 is 6.03 Å². The summed E-state index contributed by atoms with van der Waals surface area (Å²) in [5.41, 5.74) is 1.93. The molecule has 3 aromatic rings. The van der Waals surface area contributed by atoms with Gasteiger partial charge in [0.05, 0.1) is 27.9 Å². The van der Waals surface area contributed by atoms with Crippen molar-refractivity contribution in [3.8, 4) is 11.5 Å². The zero-order chi connectivity index (χ0) is 26.9. The molecule has 0 radical (unpaired) electrons. The van der Waals surface area contributed by atoms with Crippen LogP contribution in [0, 0.1) is 6.92 Å². The van der Waals surface area contributed by atoms with E-state index < -0.39 is 17.8 Å². The van der Waals surface area contributed by atoms with Crippen molar-refractivity contribution < 1.29 is 23.9 Å². The highest BCUT2D eigenvalue weighted by Gasteiger charge is 2.37. The van der Waals surface area contributed by atoms with E-state index in [0.717, 1.165) is 14.9 Å². The van der Waals surface area contributed by atoms with Gasteiger partial charge in [0.1, 0.15) is 12.2 Å². The van der Waals surface area contributed by atoms with E-state index in [1.165, 1.54) is 19.3 Å². The Morgan fingerprint density at radius 3 is 2.41 bits per heavy atom. The third-order valence-electron chi connectivity index (χ3n) is 5.43. The van der Waals surface area contributed by atoms with Crippen molar-refractivity contribution in [1.29, 1.82) is 0 Å². The number of ether oxygens (including phenoxy) is 2. The van der Waals surface area contributed by atoms with Gasteiger partial charge in [0.15, 0.2) is 11.5 Å². The molecule has 0 atom stereocenters. The Bertz CT molecular complexity index is 1470. The van der Waals surface area contributed by atoms with Crippen molar-refractivity contribution in [3.63, 3.8) is 0 Å². The van der Waals surface area contributed by atoms with E-state index in [4.69, 9.17) is 44.3 Å². The van der Waals surface area contributed by atoms with Crippen molar-refractivity contribution in [2.75, 3.05) is 12.0 Å². The monoisotopic (exact) mass is 622 g/mol. The number of amides is 4. The Morgan fingerprint density at radius 1 is 0.973 bits per heavy atom. The standard InChI is InChI=1S/C26H18BrCl3N2O5/c1-13-7-16(27)4-6-21(13)32-25(34)17(24(33)31-26(32)35)8-15-10-20(30)23(22(11-15)36-2)37-12-14-3-5-18(28)19(29)9-14/h3-11H,12H2,1-2H3,(H,31,33,35)/b17-8-. The van der Waals surface area contributed by atoms with Crippen LogP contribution in [0.3, 0.4) is 0 Å². The second kappa shape index (κ2) is 11.1. The highest BCUT2D eigenvalue weighted by Crippen LogP contribution is 2.38. The Balaban J connectivity index is 1.65. The number of imide groups is 2. The van der Waals surface area contributed by atoms with Crippen LogP contribution in [0.5, 0.6) is 11.5 Å². The van der Waals surface area contributed by atoms with Gasteiger partial charge in [0, 0.05) is 4.47 Å². The molecule has 1 aliphatic heterocycles. The Kier molecular flexibility index (Phi) is 8.14. The lowest BCUT2D eigenvalue weighted by atomic mass is 10.1. The number of methoxy groups -OCH3 is 1. The molecular formula is C26H18BrCl3N2O5. The van der Waals surface area contributed by atoms with Crippen LogP contribution in [0.25, 0.3) is 6.08 Å². The summed E-state index contributed by atoms with van der Waals surface area (Å²) in [4.78, 5) is 39.3. The molecular weight excluding hydrogens is 607 g/mol. The Morgan fingerprint density at radius 2 is 1.73 bits per heavy atom. The Labute approximate surface area is 236 Å². The zero-order valence-electron chi connectivity index (χ0n) is 19.4. The van der Waals surface area contributed by atoms with Gasteiger partial charge in [0.25, 0.3) is 11.8 Å². The summed E-state index contributed by atoms with van der Waals surface area (Å²) in [6, 6.07) is 12.4. The molecule has 0 bridgehead atoms. The van der Waals surface area contributed by atoms with Crippen molar-refractivity contribution in [1.82, 2.24) is 5.32 Å². The first kappa shape index (κ1) is 27.0. The van der Waals surface area contributed by atoms with Crippen LogP contribution in [0.2, 0.25) is 15.1 Å². The number of halogens is 4.